The van der Waals surface area contributed by atoms with Crippen molar-refractivity contribution in [3.8, 4) is 28.9 Å². The monoisotopic (exact) mass is 387 g/mol. The molecule has 1 heterocycles. The summed E-state index contributed by atoms with van der Waals surface area (Å²) in [5.74, 6) is 2.74. The molecule has 0 atom stereocenters. The van der Waals surface area contributed by atoms with Crippen LogP contribution < -0.4 is 18.9 Å². The van der Waals surface area contributed by atoms with Gasteiger partial charge in [0, 0.05) is 11.5 Å². The Labute approximate surface area is 169 Å². The number of rotatable bonds is 7. The normalized spacial score (nSPS) is 10.6. The Morgan fingerprint density at radius 2 is 1.38 bits per heavy atom. The van der Waals surface area contributed by atoms with Crippen molar-refractivity contribution in [2.24, 2.45) is 0 Å². The van der Waals surface area contributed by atoms with Crippen molar-refractivity contribution in [3.63, 3.8) is 0 Å². The average Bonchev–Trinajstić information content (AvgIpc) is 2.78. The Morgan fingerprint density at radius 3 is 2.10 bits per heavy atom. The van der Waals surface area contributed by atoms with Crippen molar-refractivity contribution in [2.75, 3.05) is 14.2 Å². The van der Waals surface area contributed by atoms with E-state index in [-0.39, 0.29) is 0 Å². The maximum Gasteiger partial charge on any atom is 0.220 e. The molecule has 29 heavy (non-hydrogen) atoms. The minimum absolute atomic E-state index is 0.427. The van der Waals surface area contributed by atoms with Gasteiger partial charge in [-0.15, -0.1) is 0 Å². The zero-order valence-corrected chi connectivity index (χ0v) is 16.3. The van der Waals surface area contributed by atoms with Crippen LogP contribution in [0.25, 0.3) is 10.9 Å². The van der Waals surface area contributed by atoms with Crippen molar-refractivity contribution in [2.45, 2.75) is 6.61 Å². The molecule has 0 radical (unpaired) electrons. The highest BCUT2D eigenvalue weighted by Crippen LogP contribution is 2.40. The molecule has 4 aromatic rings. The van der Waals surface area contributed by atoms with Crippen molar-refractivity contribution >= 4 is 10.9 Å². The van der Waals surface area contributed by atoms with E-state index in [4.69, 9.17) is 18.9 Å². The maximum absolute atomic E-state index is 6.03. The van der Waals surface area contributed by atoms with Crippen molar-refractivity contribution in [3.05, 3.63) is 84.4 Å². The first-order valence-electron chi connectivity index (χ1n) is 9.24. The summed E-state index contributed by atoms with van der Waals surface area (Å²) in [4.78, 5) is 4.68. The number of aromatic nitrogens is 1. The summed E-state index contributed by atoms with van der Waals surface area (Å²) in [5, 5.41) is 0.968. The van der Waals surface area contributed by atoms with Crippen LogP contribution >= 0.6 is 0 Å². The maximum atomic E-state index is 6.03. The molecule has 146 valence electrons. The summed E-state index contributed by atoms with van der Waals surface area (Å²) in [6, 6.07) is 25.1. The molecule has 0 amide bonds. The van der Waals surface area contributed by atoms with Crippen LogP contribution in [0.15, 0.2) is 78.9 Å². The van der Waals surface area contributed by atoms with Crippen molar-refractivity contribution < 1.29 is 18.9 Å². The molecular formula is C24H21NO4. The lowest BCUT2D eigenvalue weighted by Gasteiger charge is -2.14. The van der Waals surface area contributed by atoms with E-state index in [1.807, 2.05) is 78.9 Å². The van der Waals surface area contributed by atoms with E-state index < -0.39 is 0 Å². The van der Waals surface area contributed by atoms with Crippen LogP contribution in [0.1, 0.15) is 5.56 Å². The quantitative estimate of drug-likeness (QED) is 0.412. The number of hydrogen-bond acceptors (Lipinski definition) is 5. The predicted molar refractivity (Wildman–Crippen MR) is 112 cm³/mol. The number of benzene rings is 3. The van der Waals surface area contributed by atoms with E-state index in [0.29, 0.717) is 35.5 Å². The number of fused-ring (bicyclic) bond motifs is 1. The average molecular weight is 387 g/mol. The van der Waals surface area contributed by atoms with Gasteiger partial charge in [0.2, 0.25) is 11.6 Å². The van der Waals surface area contributed by atoms with E-state index in [0.717, 1.165) is 16.5 Å². The van der Waals surface area contributed by atoms with Gasteiger partial charge in [-0.2, -0.15) is 0 Å². The van der Waals surface area contributed by atoms with Gasteiger partial charge in [-0.05, 0) is 29.8 Å². The molecule has 0 N–H and O–H groups in total. The summed E-state index contributed by atoms with van der Waals surface area (Å²) in [6.07, 6.45) is 0. The lowest BCUT2D eigenvalue weighted by Crippen LogP contribution is -1.98. The first-order chi connectivity index (χ1) is 14.3. The summed E-state index contributed by atoms with van der Waals surface area (Å²) in [6.45, 7) is 0.465. The molecule has 1 aromatic heterocycles. The molecule has 0 saturated carbocycles. The Balaban J connectivity index is 1.66. The molecule has 0 fully saturated rings. The van der Waals surface area contributed by atoms with Gasteiger partial charge in [0.25, 0.3) is 0 Å². The van der Waals surface area contributed by atoms with E-state index in [9.17, 15) is 0 Å². The molecule has 0 bridgehead atoms. The highest BCUT2D eigenvalue weighted by atomic mass is 16.5. The molecule has 0 aliphatic heterocycles. The van der Waals surface area contributed by atoms with Crippen LogP contribution in [-0.4, -0.2) is 19.2 Å². The van der Waals surface area contributed by atoms with Gasteiger partial charge in [0.05, 0.1) is 14.2 Å². The van der Waals surface area contributed by atoms with Crippen LogP contribution in [0.2, 0.25) is 0 Å². The zero-order valence-electron chi connectivity index (χ0n) is 16.3. The van der Waals surface area contributed by atoms with Gasteiger partial charge < -0.3 is 18.9 Å². The fourth-order valence-corrected chi connectivity index (χ4v) is 3.03. The van der Waals surface area contributed by atoms with Gasteiger partial charge in [0.1, 0.15) is 17.9 Å². The Hall–Kier alpha value is -3.73. The van der Waals surface area contributed by atoms with Gasteiger partial charge >= 0.3 is 0 Å². The Morgan fingerprint density at radius 1 is 0.690 bits per heavy atom. The molecule has 0 aliphatic rings. The summed E-state index contributed by atoms with van der Waals surface area (Å²) in [7, 11) is 3.18. The molecule has 4 rings (SSSR count). The fraction of sp³-hybridized carbons (Fsp3) is 0.125. The van der Waals surface area contributed by atoms with E-state index >= 15 is 0 Å². The van der Waals surface area contributed by atoms with Crippen LogP contribution in [-0.2, 0) is 6.61 Å². The highest BCUT2D eigenvalue weighted by Gasteiger charge is 2.14. The van der Waals surface area contributed by atoms with Gasteiger partial charge in [-0.3, -0.25) is 0 Å². The van der Waals surface area contributed by atoms with E-state index in [2.05, 4.69) is 4.98 Å². The topological polar surface area (TPSA) is 49.8 Å². The van der Waals surface area contributed by atoms with Crippen molar-refractivity contribution in [1.29, 1.82) is 0 Å². The Kier molecular flexibility index (Phi) is 5.47. The number of ether oxygens (including phenoxy) is 4. The second-order valence-electron chi connectivity index (χ2n) is 6.35. The van der Waals surface area contributed by atoms with Gasteiger partial charge in [-0.25, -0.2) is 4.98 Å². The number of hydrogen-bond donors (Lipinski definition) is 0. The van der Waals surface area contributed by atoms with Crippen molar-refractivity contribution in [1.82, 2.24) is 4.98 Å². The van der Waals surface area contributed by atoms with E-state index in [1.165, 1.54) is 0 Å². The summed E-state index contributed by atoms with van der Waals surface area (Å²) >= 11 is 0. The zero-order chi connectivity index (χ0) is 20.1. The smallest absolute Gasteiger partial charge is 0.220 e. The predicted octanol–water partition coefficient (Wildman–Crippen LogP) is 5.62. The molecule has 3 aromatic carbocycles. The third-order valence-electron chi connectivity index (χ3n) is 4.48. The summed E-state index contributed by atoms with van der Waals surface area (Å²) < 4.78 is 22.9. The van der Waals surface area contributed by atoms with E-state index in [1.54, 1.807) is 14.2 Å². The molecule has 0 aliphatic carbocycles. The van der Waals surface area contributed by atoms with Crippen LogP contribution in [0.3, 0.4) is 0 Å². The number of pyridine rings is 1. The Bertz CT molecular complexity index is 1090. The summed E-state index contributed by atoms with van der Waals surface area (Å²) in [5.41, 5.74) is 1.82. The first-order valence-corrected chi connectivity index (χ1v) is 9.24. The molecular weight excluding hydrogens is 366 g/mol. The SMILES string of the molecule is COc1cccc(OC)c1Oc1ccc2cccc(OCc3ccccc3)c2n1. The minimum atomic E-state index is 0.427. The van der Waals surface area contributed by atoms with Crippen LogP contribution in [0.4, 0.5) is 0 Å². The van der Waals surface area contributed by atoms with Gasteiger partial charge in [-0.1, -0.05) is 48.5 Å². The van der Waals surface area contributed by atoms with Crippen LogP contribution in [0, 0.1) is 0 Å². The third-order valence-corrected chi connectivity index (χ3v) is 4.48. The number of nitrogens with zero attached hydrogens (tertiary/aromatic N) is 1. The molecule has 5 heteroatoms. The molecule has 0 unspecified atom stereocenters. The van der Waals surface area contributed by atoms with Gasteiger partial charge in [0.15, 0.2) is 11.5 Å². The molecule has 0 spiro atoms. The second kappa shape index (κ2) is 8.52. The van der Waals surface area contributed by atoms with Crippen LogP contribution in [0.5, 0.6) is 28.9 Å². The fourth-order valence-electron chi connectivity index (χ4n) is 3.03. The third kappa shape index (κ3) is 4.09. The highest BCUT2D eigenvalue weighted by molar-refractivity contribution is 5.85. The lowest BCUT2D eigenvalue weighted by molar-refractivity contribution is 0.309. The first kappa shape index (κ1) is 18.6. The lowest BCUT2D eigenvalue weighted by atomic mass is 10.2. The number of para-hydroxylation sites is 2. The standard InChI is InChI=1S/C24H21NO4/c1-26-20-12-7-13-21(27-2)24(20)29-22-15-14-18-10-6-11-19(23(18)25-22)28-16-17-8-4-3-5-9-17/h3-15H,16H2,1-2H3. The minimum Gasteiger partial charge on any atom is -0.493 e. The largest absolute Gasteiger partial charge is 0.493 e. The molecule has 0 saturated heterocycles. The molecule has 5 nitrogen and oxygen atoms in total. The second-order valence-corrected chi connectivity index (χ2v) is 6.35. The number of methoxy groups -OCH3 is 2.